The van der Waals surface area contributed by atoms with Gasteiger partial charge in [-0.05, 0) is 5.56 Å². The van der Waals surface area contributed by atoms with E-state index >= 15 is 0 Å². The Morgan fingerprint density at radius 1 is 1.42 bits per heavy atom. The van der Waals surface area contributed by atoms with Crippen molar-refractivity contribution in [3.63, 3.8) is 0 Å². The van der Waals surface area contributed by atoms with Gasteiger partial charge < -0.3 is 9.90 Å². The molecule has 0 fully saturated rings. The van der Waals surface area contributed by atoms with E-state index in [0.717, 1.165) is 5.56 Å². The Morgan fingerprint density at radius 3 is 2.50 bits per heavy atom. The van der Waals surface area contributed by atoms with Crippen LogP contribution in [-0.4, -0.2) is 5.97 Å². The van der Waals surface area contributed by atoms with E-state index in [4.69, 9.17) is 0 Å². The van der Waals surface area contributed by atoms with E-state index in [2.05, 4.69) is 15.9 Å². The number of benzene rings is 1. The standard InChI is InChI=1S/C9H9BrO2/c10-8(6-9(11)12)7-4-2-1-3-5-7/h1-5,8H,6H2,(H,11,12)/p-1. The Kier molecular flexibility index (Phi) is 3.29. The predicted molar refractivity (Wildman–Crippen MR) is 47.7 cm³/mol. The molecule has 0 heterocycles. The number of halogens is 1. The highest BCUT2D eigenvalue weighted by Gasteiger charge is 2.05. The minimum Gasteiger partial charge on any atom is -0.550 e. The third-order valence-corrected chi connectivity index (χ3v) is 2.36. The molecule has 1 rings (SSSR count). The molecule has 0 aliphatic rings. The first-order chi connectivity index (χ1) is 5.70. The quantitative estimate of drug-likeness (QED) is 0.730. The highest BCUT2D eigenvalue weighted by atomic mass is 79.9. The molecule has 1 unspecified atom stereocenters. The van der Waals surface area contributed by atoms with Gasteiger partial charge in [0.05, 0.1) is 0 Å². The van der Waals surface area contributed by atoms with Crippen molar-refractivity contribution in [3.8, 4) is 0 Å². The van der Waals surface area contributed by atoms with Crippen LogP contribution >= 0.6 is 15.9 Å². The number of aliphatic carboxylic acids is 1. The molecule has 0 spiro atoms. The van der Waals surface area contributed by atoms with Gasteiger partial charge in [0, 0.05) is 17.2 Å². The van der Waals surface area contributed by atoms with Crippen molar-refractivity contribution in [2.75, 3.05) is 0 Å². The number of hydrogen-bond donors (Lipinski definition) is 0. The average molecular weight is 228 g/mol. The summed E-state index contributed by atoms with van der Waals surface area (Å²) < 4.78 is 0. The van der Waals surface area contributed by atoms with Crippen molar-refractivity contribution >= 4 is 21.9 Å². The molecular formula is C9H8BrO2-. The zero-order chi connectivity index (χ0) is 8.97. The van der Waals surface area contributed by atoms with Crippen LogP contribution in [0, 0.1) is 0 Å². The van der Waals surface area contributed by atoms with Crippen LogP contribution in [0.15, 0.2) is 30.3 Å². The monoisotopic (exact) mass is 227 g/mol. The fourth-order valence-electron chi connectivity index (χ4n) is 0.926. The Labute approximate surface area is 79.3 Å². The summed E-state index contributed by atoms with van der Waals surface area (Å²) in [5.41, 5.74) is 0.960. The van der Waals surface area contributed by atoms with Crippen LogP contribution in [0.1, 0.15) is 16.8 Å². The lowest BCUT2D eigenvalue weighted by Crippen LogP contribution is -2.23. The minimum absolute atomic E-state index is 0.00398. The number of carbonyl (C=O) groups excluding carboxylic acids is 1. The van der Waals surface area contributed by atoms with Crippen LogP contribution in [0.5, 0.6) is 0 Å². The molecule has 0 saturated heterocycles. The van der Waals surface area contributed by atoms with E-state index in [1.54, 1.807) is 0 Å². The Bertz CT molecular complexity index is 258. The highest BCUT2D eigenvalue weighted by molar-refractivity contribution is 9.09. The molecular weight excluding hydrogens is 220 g/mol. The van der Waals surface area contributed by atoms with Crippen molar-refractivity contribution < 1.29 is 9.90 Å². The summed E-state index contributed by atoms with van der Waals surface area (Å²) in [4.78, 5) is 10.1. The lowest BCUT2D eigenvalue weighted by atomic mass is 10.1. The average Bonchev–Trinajstić information content (AvgIpc) is 2.05. The summed E-state index contributed by atoms with van der Waals surface area (Å²) in [6, 6.07) is 9.39. The van der Waals surface area contributed by atoms with E-state index in [-0.39, 0.29) is 11.2 Å². The Balaban J connectivity index is 2.65. The van der Waals surface area contributed by atoms with Gasteiger partial charge in [-0.3, -0.25) is 0 Å². The summed E-state index contributed by atoms with van der Waals surface area (Å²) in [5, 5.41) is 10.2. The van der Waals surface area contributed by atoms with Crippen molar-refractivity contribution in [2.45, 2.75) is 11.2 Å². The first-order valence-electron chi connectivity index (χ1n) is 3.59. The number of carboxylic acids is 1. The SMILES string of the molecule is O=C([O-])CC(Br)c1ccccc1. The van der Waals surface area contributed by atoms with Gasteiger partial charge >= 0.3 is 0 Å². The van der Waals surface area contributed by atoms with Crippen LogP contribution in [0.3, 0.4) is 0 Å². The van der Waals surface area contributed by atoms with Crippen molar-refractivity contribution in [1.29, 1.82) is 0 Å². The predicted octanol–water partition coefficient (Wildman–Crippen LogP) is 1.26. The largest absolute Gasteiger partial charge is 0.550 e. The fraction of sp³-hybridized carbons (Fsp3) is 0.222. The van der Waals surface area contributed by atoms with Crippen LogP contribution < -0.4 is 5.11 Å². The molecule has 0 bridgehead atoms. The summed E-state index contributed by atoms with van der Waals surface area (Å²) in [5.74, 6) is -1.04. The molecule has 64 valence electrons. The fourth-order valence-corrected chi connectivity index (χ4v) is 1.50. The number of carbonyl (C=O) groups is 1. The molecule has 0 aliphatic carbocycles. The van der Waals surface area contributed by atoms with Gasteiger partial charge in [0.2, 0.25) is 0 Å². The zero-order valence-corrected chi connectivity index (χ0v) is 7.95. The first-order valence-corrected chi connectivity index (χ1v) is 4.50. The van der Waals surface area contributed by atoms with E-state index in [0.29, 0.717) is 0 Å². The van der Waals surface area contributed by atoms with E-state index in [9.17, 15) is 9.90 Å². The summed E-state index contributed by atoms with van der Waals surface area (Å²) in [6.45, 7) is 0. The molecule has 2 nitrogen and oxygen atoms in total. The Morgan fingerprint density at radius 2 is 2.00 bits per heavy atom. The molecule has 1 aromatic rings. The topological polar surface area (TPSA) is 40.1 Å². The number of rotatable bonds is 3. The van der Waals surface area contributed by atoms with Gasteiger partial charge in [0.1, 0.15) is 0 Å². The molecule has 0 radical (unpaired) electrons. The maximum absolute atomic E-state index is 10.2. The normalized spacial score (nSPS) is 12.4. The lowest BCUT2D eigenvalue weighted by Gasteiger charge is -2.09. The van der Waals surface area contributed by atoms with E-state index in [1.807, 2.05) is 30.3 Å². The Hall–Kier alpha value is -0.830. The highest BCUT2D eigenvalue weighted by Crippen LogP contribution is 2.25. The van der Waals surface area contributed by atoms with Gasteiger partial charge in [-0.15, -0.1) is 0 Å². The summed E-state index contributed by atoms with van der Waals surface area (Å²) >= 11 is 3.27. The van der Waals surface area contributed by atoms with Crippen LogP contribution in [0.4, 0.5) is 0 Å². The second kappa shape index (κ2) is 4.26. The first kappa shape index (κ1) is 9.26. The van der Waals surface area contributed by atoms with Gasteiger partial charge in [0.25, 0.3) is 0 Å². The molecule has 1 aromatic carbocycles. The minimum atomic E-state index is -1.04. The van der Waals surface area contributed by atoms with Gasteiger partial charge in [-0.25, -0.2) is 0 Å². The maximum atomic E-state index is 10.2. The van der Waals surface area contributed by atoms with Crippen molar-refractivity contribution in [1.82, 2.24) is 0 Å². The molecule has 0 aromatic heterocycles. The van der Waals surface area contributed by atoms with Gasteiger partial charge in [0.15, 0.2) is 0 Å². The maximum Gasteiger partial charge on any atom is 0.0447 e. The number of alkyl halides is 1. The number of hydrogen-bond acceptors (Lipinski definition) is 2. The zero-order valence-electron chi connectivity index (χ0n) is 6.37. The van der Waals surface area contributed by atoms with E-state index < -0.39 is 5.97 Å². The summed E-state index contributed by atoms with van der Waals surface area (Å²) in [6.07, 6.45) is 0.00398. The van der Waals surface area contributed by atoms with Crippen molar-refractivity contribution in [3.05, 3.63) is 35.9 Å². The molecule has 12 heavy (non-hydrogen) atoms. The van der Waals surface area contributed by atoms with Gasteiger partial charge in [-0.2, -0.15) is 0 Å². The van der Waals surface area contributed by atoms with Crippen LogP contribution in [0.2, 0.25) is 0 Å². The molecule has 1 atom stereocenters. The summed E-state index contributed by atoms with van der Waals surface area (Å²) in [7, 11) is 0. The van der Waals surface area contributed by atoms with E-state index in [1.165, 1.54) is 0 Å². The second-order valence-corrected chi connectivity index (χ2v) is 3.56. The van der Waals surface area contributed by atoms with Crippen LogP contribution in [-0.2, 0) is 4.79 Å². The van der Waals surface area contributed by atoms with Crippen molar-refractivity contribution in [2.24, 2.45) is 0 Å². The number of carboxylic acid groups (broad SMARTS) is 1. The molecule has 0 aliphatic heterocycles. The molecule has 0 N–H and O–H groups in total. The molecule has 0 saturated carbocycles. The van der Waals surface area contributed by atoms with Crippen LogP contribution in [0.25, 0.3) is 0 Å². The molecule has 0 amide bonds. The van der Waals surface area contributed by atoms with Gasteiger partial charge in [-0.1, -0.05) is 46.3 Å². The lowest BCUT2D eigenvalue weighted by molar-refractivity contribution is -0.305. The third kappa shape index (κ3) is 2.66. The second-order valence-electron chi connectivity index (χ2n) is 2.45. The smallest absolute Gasteiger partial charge is 0.0447 e. The third-order valence-electron chi connectivity index (χ3n) is 1.51. The molecule has 3 heteroatoms.